The van der Waals surface area contributed by atoms with Gasteiger partial charge in [-0.25, -0.2) is 10.4 Å². The molecule has 0 spiro atoms. The zero-order valence-electron chi connectivity index (χ0n) is 11.4. The lowest BCUT2D eigenvalue weighted by Gasteiger charge is -2.22. The third kappa shape index (κ3) is 3.00. The third-order valence-corrected chi connectivity index (χ3v) is 2.89. The third-order valence-electron chi connectivity index (χ3n) is 2.89. The van der Waals surface area contributed by atoms with Gasteiger partial charge in [0.05, 0.1) is 6.20 Å². The quantitative estimate of drug-likeness (QED) is 0.851. The van der Waals surface area contributed by atoms with Crippen molar-refractivity contribution in [3.63, 3.8) is 0 Å². The molecule has 1 amide bonds. The van der Waals surface area contributed by atoms with Crippen molar-refractivity contribution in [2.24, 2.45) is 7.05 Å². The number of aromatic nitrogens is 2. The minimum Gasteiger partial charge on any atom is -0.273 e. The number of amides is 1. The molecule has 0 fully saturated rings. The maximum absolute atomic E-state index is 11.8. The van der Waals surface area contributed by atoms with Crippen LogP contribution < -0.4 is 10.4 Å². The van der Waals surface area contributed by atoms with Crippen molar-refractivity contribution < 1.29 is 4.79 Å². The van der Waals surface area contributed by atoms with E-state index >= 15 is 0 Å². The maximum Gasteiger partial charge on any atom is 0.239 e. The van der Waals surface area contributed by atoms with Crippen LogP contribution in [0.5, 0.6) is 0 Å². The molecule has 0 unspecified atom stereocenters. The highest BCUT2D eigenvalue weighted by Gasteiger charge is 2.17. The summed E-state index contributed by atoms with van der Waals surface area (Å²) in [4.78, 5) is 11.8. The first-order valence-electron chi connectivity index (χ1n) is 6.16. The van der Waals surface area contributed by atoms with Gasteiger partial charge in [-0.3, -0.25) is 9.48 Å². The highest BCUT2D eigenvalue weighted by atomic mass is 16.2. The van der Waals surface area contributed by atoms with Crippen molar-refractivity contribution in [3.8, 4) is 0 Å². The Hall–Kier alpha value is -2.14. The van der Waals surface area contributed by atoms with Gasteiger partial charge in [0.25, 0.3) is 0 Å². The fourth-order valence-electron chi connectivity index (χ4n) is 1.96. The summed E-state index contributed by atoms with van der Waals surface area (Å²) >= 11 is 0. The van der Waals surface area contributed by atoms with Crippen LogP contribution in [0.2, 0.25) is 0 Å². The summed E-state index contributed by atoms with van der Waals surface area (Å²) in [6.45, 7) is 4.05. The molecule has 0 aliphatic carbocycles. The summed E-state index contributed by atoms with van der Waals surface area (Å²) in [5.74, 6) is 0.700. The number of carbonyl (C=O) groups is 1. The summed E-state index contributed by atoms with van der Waals surface area (Å²) in [7, 11) is 1.82. The fourth-order valence-corrected chi connectivity index (χ4v) is 1.96. The Bertz CT molecular complexity index is 543. The molecule has 19 heavy (non-hydrogen) atoms. The Balaban J connectivity index is 2.16. The Morgan fingerprint density at radius 3 is 2.58 bits per heavy atom. The first kappa shape index (κ1) is 13.3. The van der Waals surface area contributed by atoms with Gasteiger partial charge in [-0.2, -0.15) is 5.10 Å². The van der Waals surface area contributed by atoms with Gasteiger partial charge in [0, 0.05) is 26.1 Å². The normalized spacial score (nSPS) is 10.5. The highest BCUT2D eigenvalue weighted by molar-refractivity contribution is 5.90. The monoisotopic (exact) mass is 258 g/mol. The summed E-state index contributed by atoms with van der Waals surface area (Å²) in [6.07, 6.45) is 1.75. The molecule has 0 aliphatic heterocycles. The van der Waals surface area contributed by atoms with Crippen LogP contribution in [0.1, 0.15) is 18.1 Å². The molecule has 2 aromatic rings. The van der Waals surface area contributed by atoms with Crippen LogP contribution in [-0.2, 0) is 18.4 Å². The van der Waals surface area contributed by atoms with Gasteiger partial charge in [0.15, 0.2) is 5.82 Å². The lowest BCUT2D eigenvalue weighted by atomic mass is 10.2. The second kappa shape index (κ2) is 5.67. The number of carbonyl (C=O) groups excluding carboxylic acids is 1. The lowest BCUT2D eigenvalue weighted by molar-refractivity contribution is -0.117. The lowest BCUT2D eigenvalue weighted by Crippen LogP contribution is -2.42. The van der Waals surface area contributed by atoms with Crippen LogP contribution in [-0.4, -0.2) is 15.7 Å². The van der Waals surface area contributed by atoms with E-state index in [4.69, 9.17) is 0 Å². The molecule has 0 saturated heterocycles. The van der Waals surface area contributed by atoms with E-state index in [9.17, 15) is 4.79 Å². The van der Waals surface area contributed by atoms with Crippen molar-refractivity contribution in [1.82, 2.24) is 15.2 Å². The number of nitrogens with one attached hydrogen (secondary N) is 1. The average molecular weight is 258 g/mol. The van der Waals surface area contributed by atoms with Crippen molar-refractivity contribution in [2.75, 3.05) is 5.01 Å². The van der Waals surface area contributed by atoms with E-state index in [0.717, 1.165) is 16.9 Å². The fraction of sp³-hybridized carbons (Fsp3) is 0.286. The van der Waals surface area contributed by atoms with E-state index in [2.05, 4.69) is 10.5 Å². The second-order valence-electron chi connectivity index (χ2n) is 4.45. The largest absolute Gasteiger partial charge is 0.273 e. The molecule has 0 radical (unpaired) electrons. The minimum absolute atomic E-state index is 0.0670. The molecule has 100 valence electrons. The van der Waals surface area contributed by atoms with Crippen LogP contribution in [0.15, 0.2) is 36.5 Å². The van der Waals surface area contributed by atoms with Crippen molar-refractivity contribution >= 4 is 11.7 Å². The molecule has 0 saturated carbocycles. The summed E-state index contributed by atoms with van der Waals surface area (Å²) < 4.78 is 1.69. The number of hydrogen-bond donors (Lipinski definition) is 1. The van der Waals surface area contributed by atoms with E-state index in [1.54, 1.807) is 10.9 Å². The Morgan fingerprint density at radius 2 is 2.05 bits per heavy atom. The first-order chi connectivity index (χ1) is 9.09. The highest BCUT2D eigenvalue weighted by Crippen LogP contribution is 2.17. The van der Waals surface area contributed by atoms with Crippen molar-refractivity contribution in [1.29, 1.82) is 0 Å². The smallest absolute Gasteiger partial charge is 0.239 e. The summed E-state index contributed by atoms with van der Waals surface area (Å²) in [6, 6.07) is 9.95. The van der Waals surface area contributed by atoms with Gasteiger partial charge in [0.1, 0.15) is 0 Å². The SMILES string of the molecule is CC(=O)N(NCc1ccccc1)c1c(C)cnn1C. The second-order valence-corrected chi connectivity index (χ2v) is 4.45. The molecular formula is C14H18N4O. The predicted octanol–water partition coefficient (Wildman–Crippen LogP) is 1.79. The van der Waals surface area contributed by atoms with Crippen LogP contribution in [0, 0.1) is 6.92 Å². The number of hydrazine groups is 1. The van der Waals surface area contributed by atoms with Gasteiger partial charge in [-0.1, -0.05) is 30.3 Å². The van der Waals surface area contributed by atoms with E-state index in [-0.39, 0.29) is 5.91 Å². The molecule has 1 aromatic heterocycles. The Morgan fingerprint density at radius 1 is 1.37 bits per heavy atom. The molecule has 1 aromatic carbocycles. The number of rotatable bonds is 4. The average Bonchev–Trinajstić information content (AvgIpc) is 2.72. The zero-order valence-corrected chi connectivity index (χ0v) is 11.4. The zero-order chi connectivity index (χ0) is 13.8. The summed E-state index contributed by atoms with van der Waals surface area (Å²) in [5, 5.41) is 5.69. The van der Waals surface area contributed by atoms with Gasteiger partial charge in [0.2, 0.25) is 5.91 Å². The standard InChI is InChI=1S/C14H18N4O/c1-11-9-15-17(3)14(11)18(12(2)19)16-10-13-7-5-4-6-8-13/h4-9,16H,10H2,1-3H3. The van der Waals surface area contributed by atoms with E-state index < -0.39 is 0 Å². The van der Waals surface area contributed by atoms with Crippen LogP contribution in [0.3, 0.4) is 0 Å². The first-order valence-corrected chi connectivity index (χ1v) is 6.16. The van der Waals surface area contributed by atoms with Gasteiger partial charge in [-0.05, 0) is 12.5 Å². The Labute approximate surface area is 112 Å². The van der Waals surface area contributed by atoms with Gasteiger partial charge < -0.3 is 0 Å². The van der Waals surface area contributed by atoms with Crippen LogP contribution in [0.25, 0.3) is 0 Å². The number of anilines is 1. The molecule has 5 nitrogen and oxygen atoms in total. The Kier molecular flexibility index (Phi) is 3.97. The topological polar surface area (TPSA) is 50.2 Å². The number of nitrogens with zero attached hydrogens (tertiary/aromatic N) is 3. The molecular weight excluding hydrogens is 240 g/mol. The molecule has 5 heteroatoms. The van der Waals surface area contributed by atoms with Crippen molar-refractivity contribution in [3.05, 3.63) is 47.7 Å². The van der Waals surface area contributed by atoms with E-state index in [1.165, 1.54) is 11.9 Å². The van der Waals surface area contributed by atoms with E-state index in [1.807, 2.05) is 44.3 Å². The maximum atomic E-state index is 11.8. The van der Waals surface area contributed by atoms with Gasteiger partial charge >= 0.3 is 0 Å². The minimum atomic E-state index is -0.0670. The van der Waals surface area contributed by atoms with E-state index in [0.29, 0.717) is 6.54 Å². The number of benzene rings is 1. The molecule has 0 bridgehead atoms. The molecule has 2 rings (SSSR count). The predicted molar refractivity (Wildman–Crippen MR) is 74.4 cm³/mol. The van der Waals surface area contributed by atoms with Crippen LogP contribution in [0.4, 0.5) is 5.82 Å². The molecule has 1 N–H and O–H groups in total. The van der Waals surface area contributed by atoms with Crippen LogP contribution >= 0.6 is 0 Å². The molecule has 1 heterocycles. The molecule has 0 aliphatic rings. The van der Waals surface area contributed by atoms with Gasteiger partial charge in [-0.15, -0.1) is 0 Å². The summed E-state index contributed by atoms with van der Waals surface area (Å²) in [5.41, 5.74) is 5.22. The number of aryl methyl sites for hydroxylation is 2. The molecule has 0 atom stereocenters. The number of hydrogen-bond acceptors (Lipinski definition) is 3. The van der Waals surface area contributed by atoms with Crippen molar-refractivity contribution in [2.45, 2.75) is 20.4 Å².